The summed E-state index contributed by atoms with van der Waals surface area (Å²) in [6, 6.07) is 11.2. The van der Waals surface area contributed by atoms with Gasteiger partial charge in [0.2, 0.25) is 5.95 Å². The van der Waals surface area contributed by atoms with Crippen molar-refractivity contribution >= 4 is 62.8 Å². The summed E-state index contributed by atoms with van der Waals surface area (Å²) in [6.07, 6.45) is 0. The Morgan fingerprint density at radius 2 is 1.95 bits per heavy atom. The van der Waals surface area contributed by atoms with E-state index in [1.54, 1.807) is 6.07 Å². The first-order chi connectivity index (χ1) is 9.08. The highest BCUT2D eigenvalue weighted by atomic mass is 127. The van der Waals surface area contributed by atoms with Crippen LogP contribution in [-0.2, 0) is 0 Å². The number of rotatable bonds is 1. The van der Waals surface area contributed by atoms with Crippen molar-refractivity contribution in [2.24, 2.45) is 0 Å². The van der Waals surface area contributed by atoms with Gasteiger partial charge < -0.3 is 5.73 Å². The van der Waals surface area contributed by atoms with Gasteiger partial charge in [0.25, 0.3) is 0 Å². The van der Waals surface area contributed by atoms with E-state index in [1.165, 1.54) is 0 Å². The number of para-hydroxylation sites is 1. The fourth-order valence-electron chi connectivity index (χ4n) is 2.00. The maximum Gasteiger partial charge on any atom is 0.206 e. The van der Waals surface area contributed by atoms with Crippen LogP contribution in [0.2, 0.25) is 10.0 Å². The lowest BCUT2D eigenvalue weighted by molar-refractivity contribution is 1.10. The molecule has 0 unspecified atom stereocenters. The third kappa shape index (κ3) is 2.17. The molecule has 0 aliphatic carbocycles. The van der Waals surface area contributed by atoms with Crippen LogP contribution in [0.3, 0.4) is 0 Å². The van der Waals surface area contributed by atoms with Crippen LogP contribution in [0.1, 0.15) is 0 Å². The third-order valence-electron chi connectivity index (χ3n) is 2.81. The quantitative estimate of drug-likeness (QED) is 0.607. The molecule has 0 amide bonds. The zero-order valence-corrected chi connectivity index (χ0v) is 13.2. The van der Waals surface area contributed by atoms with Crippen molar-refractivity contribution in [3.8, 4) is 5.69 Å². The van der Waals surface area contributed by atoms with Crippen molar-refractivity contribution in [3.63, 3.8) is 0 Å². The molecule has 3 rings (SSSR count). The SMILES string of the molecule is Nc1nc2c(Cl)cccc2n1-c1ccc(Cl)cc1I. The van der Waals surface area contributed by atoms with Crippen molar-refractivity contribution in [1.82, 2.24) is 9.55 Å². The van der Waals surface area contributed by atoms with Crippen molar-refractivity contribution in [2.45, 2.75) is 0 Å². The van der Waals surface area contributed by atoms with E-state index in [-0.39, 0.29) is 0 Å². The second kappa shape index (κ2) is 4.85. The summed E-state index contributed by atoms with van der Waals surface area (Å²) >= 11 is 14.3. The van der Waals surface area contributed by atoms with Crippen molar-refractivity contribution in [2.75, 3.05) is 5.73 Å². The number of nitrogens with two attached hydrogens (primary N) is 1. The molecule has 19 heavy (non-hydrogen) atoms. The molecule has 0 radical (unpaired) electrons. The van der Waals surface area contributed by atoms with Crippen molar-refractivity contribution in [1.29, 1.82) is 0 Å². The van der Waals surface area contributed by atoms with Crippen LogP contribution in [0, 0.1) is 3.57 Å². The Kier molecular flexibility index (Phi) is 3.32. The van der Waals surface area contributed by atoms with Crippen LogP contribution in [0.4, 0.5) is 5.95 Å². The van der Waals surface area contributed by atoms with Gasteiger partial charge in [0.1, 0.15) is 5.52 Å². The highest BCUT2D eigenvalue weighted by Gasteiger charge is 2.14. The summed E-state index contributed by atoms with van der Waals surface area (Å²) in [5.74, 6) is 0.406. The van der Waals surface area contributed by atoms with E-state index in [0.29, 0.717) is 21.5 Å². The molecule has 6 heteroatoms. The van der Waals surface area contributed by atoms with Gasteiger partial charge in [0.15, 0.2) is 0 Å². The van der Waals surface area contributed by atoms with Crippen LogP contribution < -0.4 is 5.73 Å². The van der Waals surface area contributed by atoms with Crippen LogP contribution in [0.5, 0.6) is 0 Å². The molecular weight excluding hydrogens is 396 g/mol. The van der Waals surface area contributed by atoms with Gasteiger partial charge in [-0.3, -0.25) is 4.57 Å². The number of fused-ring (bicyclic) bond motifs is 1. The number of hydrogen-bond acceptors (Lipinski definition) is 2. The van der Waals surface area contributed by atoms with Gasteiger partial charge in [-0.15, -0.1) is 0 Å². The van der Waals surface area contributed by atoms with Crippen LogP contribution >= 0.6 is 45.8 Å². The van der Waals surface area contributed by atoms with Crippen molar-refractivity contribution < 1.29 is 0 Å². The van der Waals surface area contributed by atoms with E-state index in [4.69, 9.17) is 28.9 Å². The Hall–Kier alpha value is -0.980. The molecule has 0 aliphatic rings. The van der Waals surface area contributed by atoms with Gasteiger partial charge in [0, 0.05) is 8.59 Å². The molecule has 0 spiro atoms. The van der Waals surface area contributed by atoms with E-state index >= 15 is 0 Å². The molecule has 96 valence electrons. The normalized spacial score (nSPS) is 11.1. The van der Waals surface area contributed by atoms with E-state index < -0.39 is 0 Å². The Morgan fingerprint density at radius 3 is 2.68 bits per heavy atom. The molecule has 0 saturated heterocycles. The predicted molar refractivity (Wildman–Crippen MR) is 88.2 cm³/mol. The van der Waals surface area contributed by atoms with E-state index in [2.05, 4.69) is 27.6 Å². The number of nitrogen functional groups attached to an aromatic ring is 1. The number of halogens is 3. The average molecular weight is 404 g/mol. The summed E-state index contributed by atoms with van der Waals surface area (Å²) in [6.45, 7) is 0. The van der Waals surface area contributed by atoms with E-state index in [9.17, 15) is 0 Å². The van der Waals surface area contributed by atoms with Crippen LogP contribution in [0.25, 0.3) is 16.7 Å². The minimum absolute atomic E-state index is 0.406. The number of nitrogens with zero attached hydrogens (tertiary/aromatic N) is 2. The molecule has 0 atom stereocenters. The molecule has 3 aromatic rings. The maximum atomic E-state index is 6.14. The van der Waals surface area contributed by atoms with Gasteiger partial charge in [-0.25, -0.2) is 4.98 Å². The van der Waals surface area contributed by atoms with Crippen LogP contribution in [-0.4, -0.2) is 9.55 Å². The predicted octanol–water partition coefficient (Wildman–Crippen LogP) is 4.52. The second-order valence-corrected chi connectivity index (χ2v) is 6.01. The zero-order valence-electron chi connectivity index (χ0n) is 9.57. The van der Waals surface area contributed by atoms with E-state index in [1.807, 2.05) is 34.9 Å². The molecule has 0 aliphatic heterocycles. The van der Waals surface area contributed by atoms with Crippen molar-refractivity contribution in [3.05, 3.63) is 50.0 Å². The Balaban J connectivity index is 2.36. The lowest BCUT2D eigenvalue weighted by atomic mass is 10.3. The maximum absolute atomic E-state index is 6.14. The first kappa shape index (κ1) is 13.0. The Labute approximate surface area is 133 Å². The monoisotopic (exact) mass is 403 g/mol. The highest BCUT2D eigenvalue weighted by molar-refractivity contribution is 14.1. The average Bonchev–Trinajstić information content (AvgIpc) is 2.68. The number of benzene rings is 2. The summed E-state index contributed by atoms with van der Waals surface area (Å²) in [7, 11) is 0. The number of imidazole rings is 1. The molecule has 0 fully saturated rings. The summed E-state index contributed by atoms with van der Waals surface area (Å²) in [4.78, 5) is 4.33. The first-order valence-corrected chi connectivity index (χ1v) is 7.29. The van der Waals surface area contributed by atoms with Crippen LogP contribution in [0.15, 0.2) is 36.4 Å². The first-order valence-electron chi connectivity index (χ1n) is 5.46. The van der Waals surface area contributed by atoms with Gasteiger partial charge in [-0.2, -0.15) is 0 Å². The second-order valence-electron chi connectivity index (χ2n) is 4.01. The highest BCUT2D eigenvalue weighted by Crippen LogP contribution is 2.30. The number of aromatic nitrogens is 2. The number of hydrogen-bond donors (Lipinski definition) is 1. The molecule has 2 aromatic carbocycles. The van der Waals surface area contributed by atoms with Gasteiger partial charge >= 0.3 is 0 Å². The third-order valence-corrected chi connectivity index (χ3v) is 4.22. The van der Waals surface area contributed by atoms with Gasteiger partial charge in [-0.1, -0.05) is 29.3 Å². The standard InChI is InChI=1S/C13H8Cl2IN3/c14-7-4-5-10(9(16)6-7)19-11-3-1-2-8(15)12(11)18-13(19)17/h1-6H,(H2,17,18). The molecule has 1 aromatic heterocycles. The fourth-order valence-corrected chi connectivity index (χ4v) is 3.32. The fraction of sp³-hybridized carbons (Fsp3) is 0. The zero-order chi connectivity index (χ0) is 13.6. The lowest BCUT2D eigenvalue weighted by Crippen LogP contribution is -2.02. The molecular formula is C13H8Cl2IN3. The molecule has 0 bridgehead atoms. The summed E-state index contributed by atoms with van der Waals surface area (Å²) in [5, 5.41) is 1.28. The smallest absolute Gasteiger partial charge is 0.206 e. The lowest BCUT2D eigenvalue weighted by Gasteiger charge is -2.09. The van der Waals surface area contributed by atoms with Gasteiger partial charge in [-0.05, 0) is 52.9 Å². The molecule has 1 heterocycles. The minimum Gasteiger partial charge on any atom is -0.369 e. The molecule has 3 nitrogen and oxygen atoms in total. The molecule has 2 N–H and O–H groups in total. The number of anilines is 1. The summed E-state index contributed by atoms with van der Waals surface area (Å²) in [5.41, 5.74) is 8.54. The molecule has 0 saturated carbocycles. The largest absolute Gasteiger partial charge is 0.369 e. The topological polar surface area (TPSA) is 43.8 Å². The summed E-state index contributed by atoms with van der Waals surface area (Å²) < 4.78 is 2.87. The minimum atomic E-state index is 0.406. The Bertz CT molecular complexity index is 783. The Morgan fingerprint density at radius 1 is 1.16 bits per heavy atom. The van der Waals surface area contributed by atoms with Gasteiger partial charge in [0.05, 0.1) is 16.2 Å². The van der Waals surface area contributed by atoms with E-state index in [0.717, 1.165) is 14.8 Å².